The largest absolute Gasteiger partial charge is 0.465 e. The van der Waals surface area contributed by atoms with Crippen LogP contribution in [0.3, 0.4) is 0 Å². The second-order valence-corrected chi connectivity index (χ2v) is 7.81. The van der Waals surface area contributed by atoms with E-state index in [1.807, 2.05) is 6.07 Å². The summed E-state index contributed by atoms with van der Waals surface area (Å²) in [6.07, 6.45) is 4.15. The van der Waals surface area contributed by atoms with Gasteiger partial charge in [0.2, 0.25) is 0 Å². The summed E-state index contributed by atoms with van der Waals surface area (Å²) in [6, 6.07) is 5.84. The number of hydrogen-bond donors (Lipinski definition) is 1. The molecule has 1 aliphatic carbocycles. The second-order valence-electron chi connectivity index (χ2n) is 6.67. The van der Waals surface area contributed by atoms with Crippen molar-refractivity contribution < 1.29 is 33.4 Å². The highest BCUT2D eigenvalue weighted by atomic mass is 32.1. The Balaban J connectivity index is 1.65. The number of anilines is 1. The SMILES string of the molecule is COC(=O)c1cc(NC(=O)COC(=O)c2cc3c(s2)CCCC3)cc(C(=O)OC)c1. The van der Waals surface area contributed by atoms with Gasteiger partial charge in [-0.3, -0.25) is 4.79 Å². The number of hydrogen-bond acceptors (Lipinski definition) is 8. The summed E-state index contributed by atoms with van der Waals surface area (Å²) in [5, 5.41) is 2.51. The van der Waals surface area contributed by atoms with E-state index in [4.69, 9.17) is 4.74 Å². The summed E-state index contributed by atoms with van der Waals surface area (Å²) < 4.78 is 14.4. The normalized spacial score (nSPS) is 12.5. The molecule has 0 radical (unpaired) electrons. The number of esters is 3. The van der Waals surface area contributed by atoms with Gasteiger partial charge in [-0.15, -0.1) is 11.3 Å². The topological polar surface area (TPSA) is 108 Å². The average Bonchev–Trinajstić information content (AvgIpc) is 3.20. The van der Waals surface area contributed by atoms with Crippen LogP contribution in [0.15, 0.2) is 24.3 Å². The summed E-state index contributed by atoms with van der Waals surface area (Å²) in [5.41, 5.74) is 1.48. The lowest BCUT2D eigenvalue weighted by molar-refractivity contribution is -0.119. The van der Waals surface area contributed by atoms with Crippen molar-refractivity contribution in [1.29, 1.82) is 0 Å². The third-order valence-corrected chi connectivity index (χ3v) is 5.81. The highest BCUT2D eigenvalue weighted by Crippen LogP contribution is 2.30. The van der Waals surface area contributed by atoms with Gasteiger partial charge in [0, 0.05) is 10.6 Å². The maximum atomic E-state index is 12.3. The summed E-state index contributed by atoms with van der Waals surface area (Å²) in [4.78, 5) is 49.8. The van der Waals surface area contributed by atoms with Gasteiger partial charge in [-0.05, 0) is 55.5 Å². The zero-order chi connectivity index (χ0) is 21.7. The Morgan fingerprint density at radius 1 is 0.900 bits per heavy atom. The van der Waals surface area contributed by atoms with E-state index >= 15 is 0 Å². The van der Waals surface area contributed by atoms with Gasteiger partial charge in [0.05, 0.1) is 25.3 Å². The minimum Gasteiger partial charge on any atom is -0.465 e. The first-order chi connectivity index (χ1) is 14.4. The standard InChI is InChI=1S/C21H21NO7S/c1-27-19(24)13-7-14(20(25)28-2)9-15(8-13)22-18(23)11-29-21(26)17-10-12-5-3-4-6-16(12)30-17/h7-10H,3-6,11H2,1-2H3,(H,22,23). The molecule has 1 aromatic heterocycles. The smallest absolute Gasteiger partial charge is 0.348 e. The van der Waals surface area contributed by atoms with Crippen LogP contribution in [0.2, 0.25) is 0 Å². The van der Waals surface area contributed by atoms with Crippen LogP contribution in [0, 0.1) is 0 Å². The number of amides is 1. The molecule has 0 unspecified atom stereocenters. The maximum Gasteiger partial charge on any atom is 0.348 e. The predicted molar refractivity (Wildman–Crippen MR) is 109 cm³/mol. The lowest BCUT2D eigenvalue weighted by Crippen LogP contribution is -2.21. The fourth-order valence-corrected chi connectivity index (χ4v) is 4.31. The Morgan fingerprint density at radius 3 is 2.13 bits per heavy atom. The Morgan fingerprint density at radius 2 is 1.53 bits per heavy atom. The molecular formula is C21H21NO7S. The summed E-state index contributed by atoms with van der Waals surface area (Å²) >= 11 is 1.41. The number of carbonyl (C=O) groups excluding carboxylic acids is 4. The van der Waals surface area contributed by atoms with Gasteiger partial charge in [0.25, 0.3) is 5.91 Å². The van der Waals surface area contributed by atoms with E-state index in [-0.39, 0.29) is 16.8 Å². The van der Waals surface area contributed by atoms with Crippen LogP contribution in [0.25, 0.3) is 0 Å². The molecule has 0 bridgehead atoms. The van der Waals surface area contributed by atoms with Gasteiger partial charge in [0.1, 0.15) is 4.88 Å². The third kappa shape index (κ3) is 5.04. The summed E-state index contributed by atoms with van der Waals surface area (Å²) in [5.74, 6) is -2.51. The molecule has 1 aliphatic rings. The van der Waals surface area contributed by atoms with E-state index < -0.39 is 30.4 Å². The average molecular weight is 431 g/mol. The van der Waals surface area contributed by atoms with Crippen LogP contribution in [-0.4, -0.2) is 44.6 Å². The molecule has 0 atom stereocenters. The number of aryl methyl sites for hydroxylation is 2. The lowest BCUT2D eigenvalue weighted by atomic mass is 9.99. The van der Waals surface area contributed by atoms with Gasteiger partial charge >= 0.3 is 17.9 Å². The molecule has 1 heterocycles. The first kappa shape index (κ1) is 21.5. The van der Waals surface area contributed by atoms with Crippen LogP contribution in [0.5, 0.6) is 0 Å². The first-order valence-corrected chi connectivity index (χ1v) is 10.1. The van der Waals surface area contributed by atoms with Crippen LogP contribution >= 0.6 is 11.3 Å². The van der Waals surface area contributed by atoms with Gasteiger partial charge in [-0.2, -0.15) is 0 Å². The molecule has 1 amide bonds. The fourth-order valence-electron chi connectivity index (χ4n) is 3.16. The second kappa shape index (κ2) is 9.53. The number of benzene rings is 1. The van der Waals surface area contributed by atoms with Crippen LogP contribution < -0.4 is 5.32 Å². The molecule has 0 saturated carbocycles. The zero-order valence-corrected chi connectivity index (χ0v) is 17.4. The molecule has 0 saturated heterocycles. The molecule has 0 fully saturated rings. The van der Waals surface area contributed by atoms with Crippen molar-refractivity contribution in [2.45, 2.75) is 25.7 Å². The first-order valence-electron chi connectivity index (χ1n) is 9.31. The van der Waals surface area contributed by atoms with Crippen molar-refractivity contribution in [3.63, 3.8) is 0 Å². The molecule has 158 valence electrons. The number of carbonyl (C=O) groups is 4. The van der Waals surface area contributed by atoms with Crippen LogP contribution in [-0.2, 0) is 31.8 Å². The highest BCUT2D eigenvalue weighted by Gasteiger charge is 2.19. The quantitative estimate of drug-likeness (QED) is 0.553. The summed E-state index contributed by atoms with van der Waals surface area (Å²) in [7, 11) is 2.40. The van der Waals surface area contributed by atoms with E-state index in [1.165, 1.54) is 54.2 Å². The van der Waals surface area contributed by atoms with Gasteiger partial charge in [-0.1, -0.05) is 0 Å². The van der Waals surface area contributed by atoms with Crippen molar-refractivity contribution in [2.24, 2.45) is 0 Å². The molecule has 8 nitrogen and oxygen atoms in total. The number of methoxy groups -OCH3 is 2. The Labute approximate surface area is 177 Å². The van der Waals surface area contributed by atoms with Crippen molar-refractivity contribution in [1.82, 2.24) is 0 Å². The van der Waals surface area contributed by atoms with Gasteiger partial charge in [-0.25, -0.2) is 14.4 Å². The molecule has 0 aliphatic heterocycles. The van der Waals surface area contributed by atoms with E-state index in [2.05, 4.69) is 14.8 Å². The summed E-state index contributed by atoms with van der Waals surface area (Å²) in [6.45, 7) is -0.503. The number of thiophene rings is 1. The lowest BCUT2D eigenvalue weighted by Gasteiger charge is -2.10. The van der Waals surface area contributed by atoms with E-state index in [0.717, 1.165) is 25.7 Å². The van der Waals surface area contributed by atoms with Crippen LogP contribution in [0.4, 0.5) is 5.69 Å². The van der Waals surface area contributed by atoms with Crippen molar-refractivity contribution in [3.8, 4) is 0 Å². The van der Waals surface area contributed by atoms with Gasteiger partial charge < -0.3 is 19.5 Å². The fraction of sp³-hybridized carbons (Fsp3) is 0.333. The maximum absolute atomic E-state index is 12.3. The highest BCUT2D eigenvalue weighted by molar-refractivity contribution is 7.14. The minimum atomic E-state index is -0.677. The molecule has 30 heavy (non-hydrogen) atoms. The van der Waals surface area contributed by atoms with Gasteiger partial charge in [0.15, 0.2) is 6.61 Å². The molecular weight excluding hydrogens is 410 g/mol. The number of ether oxygens (including phenoxy) is 3. The third-order valence-electron chi connectivity index (χ3n) is 4.59. The molecule has 1 aromatic carbocycles. The molecule has 9 heteroatoms. The van der Waals surface area contributed by atoms with Crippen LogP contribution in [0.1, 0.15) is 53.7 Å². The zero-order valence-electron chi connectivity index (χ0n) is 16.6. The van der Waals surface area contributed by atoms with E-state index in [1.54, 1.807) is 0 Å². The number of nitrogens with one attached hydrogen (secondary N) is 1. The number of fused-ring (bicyclic) bond motifs is 1. The van der Waals surface area contributed by atoms with Crippen molar-refractivity contribution in [3.05, 3.63) is 50.7 Å². The molecule has 3 rings (SSSR count). The monoisotopic (exact) mass is 431 g/mol. The van der Waals surface area contributed by atoms with E-state index in [0.29, 0.717) is 4.88 Å². The number of rotatable bonds is 6. The Bertz CT molecular complexity index is 937. The van der Waals surface area contributed by atoms with Crippen molar-refractivity contribution >= 4 is 40.8 Å². The predicted octanol–water partition coefficient (Wildman–Crippen LogP) is 3.00. The van der Waals surface area contributed by atoms with Crippen molar-refractivity contribution in [2.75, 3.05) is 26.1 Å². The molecule has 2 aromatic rings. The Hall–Kier alpha value is -3.20. The Kier molecular flexibility index (Phi) is 6.83. The molecule has 1 N–H and O–H groups in total. The molecule has 0 spiro atoms. The van der Waals surface area contributed by atoms with E-state index in [9.17, 15) is 19.2 Å². The minimum absolute atomic E-state index is 0.0665.